The van der Waals surface area contributed by atoms with Gasteiger partial charge in [-0.05, 0) is 75.5 Å². The van der Waals surface area contributed by atoms with Crippen molar-refractivity contribution in [3.05, 3.63) is 36.5 Å². The van der Waals surface area contributed by atoms with Crippen molar-refractivity contribution in [2.45, 2.75) is 94.6 Å². The number of aromatic nitrogens is 1. The third-order valence-corrected chi connectivity index (χ3v) is 12.9. The number of amides is 3. The lowest BCUT2D eigenvalue weighted by Gasteiger charge is -2.28. The third-order valence-electron chi connectivity index (χ3n) is 10.7. The van der Waals surface area contributed by atoms with E-state index in [1.54, 1.807) is 18.0 Å². The van der Waals surface area contributed by atoms with Crippen molar-refractivity contribution in [2.75, 3.05) is 19.8 Å². The number of hydrogen-bond donors (Lipinski definition) is 2. The topological polar surface area (TPSA) is 153 Å². The first-order valence-corrected chi connectivity index (χ1v) is 18.6. The number of pyridine rings is 1. The van der Waals surface area contributed by atoms with Gasteiger partial charge >= 0.3 is 0 Å². The van der Waals surface area contributed by atoms with Gasteiger partial charge in [0.05, 0.1) is 11.3 Å². The Balaban J connectivity index is 1.17. The highest BCUT2D eigenvalue weighted by molar-refractivity contribution is 7.91. The number of nitrogens with zero attached hydrogens (tertiary/aromatic N) is 2. The summed E-state index contributed by atoms with van der Waals surface area (Å²) in [4.78, 5) is 47.7. The number of rotatable bonds is 5. The van der Waals surface area contributed by atoms with Gasteiger partial charge in [0, 0.05) is 35.7 Å². The van der Waals surface area contributed by atoms with E-state index in [-0.39, 0.29) is 43.6 Å². The van der Waals surface area contributed by atoms with Crippen LogP contribution in [0.2, 0.25) is 0 Å². The molecule has 7 rings (SSSR count). The molecule has 0 radical (unpaired) electrons. The second-order valence-corrected chi connectivity index (χ2v) is 16.8. The van der Waals surface area contributed by atoms with E-state index in [0.29, 0.717) is 49.4 Å². The Labute approximate surface area is 281 Å². The molecule has 3 aliphatic heterocycles. The summed E-state index contributed by atoms with van der Waals surface area (Å²) in [5.74, 6) is 0.354. The molecule has 3 fully saturated rings. The van der Waals surface area contributed by atoms with Crippen molar-refractivity contribution in [1.29, 1.82) is 0 Å². The molecule has 2 saturated carbocycles. The number of carbonyl (C=O) groups is 3. The Morgan fingerprint density at radius 3 is 2.67 bits per heavy atom. The van der Waals surface area contributed by atoms with Crippen LogP contribution in [0, 0.1) is 17.8 Å². The Morgan fingerprint density at radius 1 is 1.08 bits per heavy atom. The van der Waals surface area contributed by atoms with Gasteiger partial charge in [0.15, 0.2) is 11.5 Å². The zero-order valence-corrected chi connectivity index (χ0v) is 28.5. The monoisotopic (exact) mass is 680 g/mol. The second kappa shape index (κ2) is 12.2. The third kappa shape index (κ3) is 6.10. The first kappa shape index (κ1) is 32.7. The van der Waals surface area contributed by atoms with Crippen LogP contribution in [-0.4, -0.2) is 78.2 Å². The summed E-state index contributed by atoms with van der Waals surface area (Å²) < 4.78 is 45.4. The van der Waals surface area contributed by atoms with Crippen LogP contribution in [0.4, 0.5) is 0 Å². The molecule has 0 spiro atoms. The van der Waals surface area contributed by atoms with Gasteiger partial charge in [-0.25, -0.2) is 13.4 Å². The highest BCUT2D eigenvalue weighted by Crippen LogP contribution is 2.48. The standard InChI is InChI=1S/C35H44N4O8S/c1-21-6-4-5-7-23-19-35(23,33(42)38-48(43,44)34(3)11-12-34)37-31(41)27-18-24(20-39(27)29(40)17-22(2)16-21)47-32-26-8-9-28-30(46-15-14-45-28)25(26)10-13-36-32/h5,7-10,13,21-24,27H,4,6,11-12,14-20H2,1-3H3,(H,37,41)(H,38,42)/b7-5-/t21-,22+,23+,24+,27-,35+/m0/s1. The van der Waals surface area contributed by atoms with Crippen molar-refractivity contribution in [3.63, 3.8) is 0 Å². The molecule has 2 aromatic rings. The van der Waals surface area contributed by atoms with Crippen molar-refractivity contribution >= 4 is 38.5 Å². The van der Waals surface area contributed by atoms with Crippen molar-refractivity contribution in [3.8, 4) is 17.4 Å². The molecular weight excluding hydrogens is 636 g/mol. The smallest absolute Gasteiger partial charge is 0.259 e. The number of fused-ring (bicyclic) bond motifs is 5. The number of sulfonamides is 1. The zero-order valence-electron chi connectivity index (χ0n) is 27.7. The maximum Gasteiger partial charge on any atom is 0.259 e. The molecule has 6 atom stereocenters. The van der Waals surface area contributed by atoms with Crippen LogP contribution in [0.1, 0.15) is 72.1 Å². The number of nitrogens with one attached hydrogen (secondary N) is 2. The molecule has 13 heteroatoms. The maximum atomic E-state index is 14.1. The molecule has 1 saturated heterocycles. The molecule has 1 aromatic heterocycles. The van der Waals surface area contributed by atoms with Gasteiger partial charge in [0.2, 0.25) is 27.7 Å². The molecule has 0 bridgehead atoms. The molecule has 12 nitrogen and oxygen atoms in total. The number of ether oxygens (including phenoxy) is 3. The Kier molecular flexibility index (Phi) is 8.32. The average molecular weight is 681 g/mol. The summed E-state index contributed by atoms with van der Waals surface area (Å²) in [6, 6.07) is 4.60. The van der Waals surface area contributed by atoms with Crippen LogP contribution in [0.5, 0.6) is 17.4 Å². The van der Waals surface area contributed by atoms with Crippen LogP contribution in [0.3, 0.4) is 0 Å². The Bertz CT molecular complexity index is 1770. The van der Waals surface area contributed by atoms with Gasteiger partial charge in [-0.1, -0.05) is 26.0 Å². The fraction of sp³-hybridized carbons (Fsp3) is 0.600. The van der Waals surface area contributed by atoms with Gasteiger partial charge in [0.1, 0.15) is 30.9 Å². The van der Waals surface area contributed by atoms with Gasteiger partial charge in [0.25, 0.3) is 5.91 Å². The lowest BCUT2D eigenvalue weighted by molar-refractivity contribution is -0.140. The van der Waals surface area contributed by atoms with E-state index in [2.05, 4.69) is 28.9 Å². The van der Waals surface area contributed by atoms with Crippen LogP contribution in [-0.2, 0) is 24.4 Å². The molecule has 4 heterocycles. The summed E-state index contributed by atoms with van der Waals surface area (Å²) in [5, 5.41) is 4.44. The molecule has 48 heavy (non-hydrogen) atoms. The number of hydrogen-bond acceptors (Lipinski definition) is 9. The molecule has 1 aromatic carbocycles. The zero-order chi connectivity index (χ0) is 33.8. The lowest BCUT2D eigenvalue weighted by atomic mass is 9.91. The van der Waals surface area contributed by atoms with E-state index in [4.69, 9.17) is 14.2 Å². The summed E-state index contributed by atoms with van der Waals surface area (Å²) in [6.07, 6.45) is 9.27. The van der Waals surface area contributed by atoms with Gasteiger partial charge in [-0.3, -0.25) is 19.1 Å². The minimum absolute atomic E-state index is 0.109. The predicted octanol–water partition coefficient (Wildman–Crippen LogP) is 3.63. The van der Waals surface area contributed by atoms with E-state index in [0.717, 1.165) is 30.0 Å². The fourth-order valence-electron chi connectivity index (χ4n) is 7.41. The first-order valence-electron chi connectivity index (χ1n) is 17.1. The highest BCUT2D eigenvalue weighted by Gasteiger charge is 2.63. The highest BCUT2D eigenvalue weighted by atomic mass is 32.2. The van der Waals surface area contributed by atoms with E-state index in [1.807, 2.05) is 30.4 Å². The quantitative estimate of drug-likeness (QED) is 0.451. The van der Waals surface area contributed by atoms with Gasteiger partial charge in [-0.2, -0.15) is 0 Å². The SMILES string of the molecule is C[C@H]1CC/C=C\[C@@H]2C[C@@]2(C(=O)NS(=O)(=O)C2(C)CC2)NC(=O)[C@@H]2C[C@@H](Oc3nccc4c5c(ccc34)OCCO5)CN2C(=O)C[C@H](C)C1. The lowest BCUT2D eigenvalue weighted by Crippen LogP contribution is -2.57. The summed E-state index contributed by atoms with van der Waals surface area (Å²) >= 11 is 0. The van der Waals surface area contributed by atoms with Gasteiger partial charge in [-0.15, -0.1) is 0 Å². The minimum Gasteiger partial charge on any atom is -0.486 e. The fourth-order valence-corrected chi connectivity index (χ4v) is 8.72. The number of benzene rings is 1. The minimum atomic E-state index is -3.92. The van der Waals surface area contributed by atoms with E-state index in [1.165, 1.54) is 0 Å². The summed E-state index contributed by atoms with van der Waals surface area (Å²) in [7, 11) is -3.92. The van der Waals surface area contributed by atoms with Crippen LogP contribution >= 0.6 is 0 Å². The normalized spacial score (nSPS) is 32.1. The summed E-state index contributed by atoms with van der Waals surface area (Å²) in [6.45, 7) is 6.91. The molecule has 5 aliphatic rings. The maximum absolute atomic E-state index is 14.1. The van der Waals surface area contributed by atoms with Crippen LogP contribution < -0.4 is 24.2 Å². The predicted molar refractivity (Wildman–Crippen MR) is 177 cm³/mol. The van der Waals surface area contributed by atoms with E-state index < -0.39 is 44.3 Å². The molecular formula is C35H44N4O8S. The van der Waals surface area contributed by atoms with Crippen molar-refractivity contribution in [2.24, 2.45) is 17.8 Å². The van der Waals surface area contributed by atoms with Crippen molar-refractivity contribution in [1.82, 2.24) is 19.9 Å². The summed E-state index contributed by atoms with van der Waals surface area (Å²) in [5.41, 5.74) is -1.42. The van der Waals surface area contributed by atoms with Crippen LogP contribution in [0.25, 0.3) is 10.8 Å². The first-order chi connectivity index (χ1) is 22.9. The number of allylic oxidation sites excluding steroid dienone is 1. The molecule has 0 unspecified atom stereocenters. The van der Waals surface area contributed by atoms with Crippen LogP contribution in [0.15, 0.2) is 36.5 Å². The molecule has 258 valence electrons. The van der Waals surface area contributed by atoms with E-state index in [9.17, 15) is 22.8 Å². The number of carbonyl (C=O) groups excluding carboxylic acids is 3. The molecule has 2 aliphatic carbocycles. The van der Waals surface area contributed by atoms with Crippen molar-refractivity contribution < 1.29 is 37.0 Å². The van der Waals surface area contributed by atoms with E-state index >= 15 is 0 Å². The average Bonchev–Trinajstić information content (AvgIpc) is 3.92. The molecule has 2 N–H and O–H groups in total. The second-order valence-electron chi connectivity index (χ2n) is 14.6. The Hall–Kier alpha value is -3.87. The van der Waals surface area contributed by atoms with Gasteiger partial charge < -0.3 is 24.4 Å². The largest absolute Gasteiger partial charge is 0.486 e. The Morgan fingerprint density at radius 2 is 1.88 bits per heavy atom. The molecule has 3 amide bonds.